The van der Waals surface area contributed by atoms with E-state index in [2.05, 4.69) is 269 Å². The normalized spacial score (nSPS) is 11.6. The van der Waals surface area contributed by atoms with Gasteiger partial charge in [-0.15, -0.1) is 0 Å². The Kier molecular flexibility index (Phi) is 11.3. The molecule has 0 fully saturated rings. The molecular weight excluding hydrogens is 873 g/mol. The van der Waals surface area contributed by atoms with Gasteiger partial charge in [0, 0.05) is 38.6 Å². The first-order chi connectivity index (χ1) is 35.2. The quantitative estimate of drug-likeness (QED) is 0.145. The first kappa shape index (κ1) is 44.2. The number of aromatic nitrogens is 4. The number of benzene rings is 10. The van der Waals surface area contributed by atoms with E-state index in [9.17, 15) is 0 Å². The Bertz CT molecular complexity index is 3790. The second-order valence-corrected chi connectivity index (χ2v) is 19.8. The van der Waals surface area contributed by atoms with Gasteiger partial charge in [-0.05, 0) is 117 Å². The van der Waals surface area contributed by atoms with Crippen LogP contribution in [0.4, 0.5) is 0 Å². The van der Waals surface area contributed by atoms with Crippen molar-refractivity contribution in [2.75, 3.05) is 0 Å². The number of fused-ring (bicyclic) bond motifs is 3. The highest BCUT2D eigenvalue weighted by Gasteiger charge is 2.25. The summed E-state index contributed by atoms with van der Waals surface area (Å²) in [6, 6.07) is 86.9. The highest BCUT2D eigenvalue weighted by Crippen LogP contribution is 2.45. The number of aryl methyl sites for hydroxylation is 1. The molecule has 12 aromatic rings. The molecule has 10 aromatic carbocycles. The topological polar surface area (TPSA) is 43.6 Å². The summed E-state index contributed by atoms with van der Waals surface area (Å²) in [7, 11) is 0. The molecule has 0 saturated heterocycles. The van der Waals surface area contributed by atoms with Gasteiger partial charge < -0.3 is 4.57 Å². The van der Waals surface area contributed by atoms with Crippen LogP contribution in [0.25, 0.3) is 117 Å². The minimum Gasteiger partial charge on any atom is -0.308 e. The lowest BCUT2D eigenvalue weighted by Crippen LogP contribution is -2.10. The minimum atomic E-state index is -0.0172. The molecule has 2 aromatic heterocycles. The zero-order valence-corrected chi connectivity index (χ0v) is 40.9. The van der Waals surface area contributed by atoms with Crippen LogP contribution in [0, 0.1) is 6.92 Å². The van der Waals surface area contributed by atoms with Crippen LogP contribution in [0.3, 0.4) is 0 Å². The molecule has 0 bridgehead atoms. The van der Waals surface area contributed by atoms with Gasteiger partial charge in [-0.2, -0.15) is 0 Å². The third-order valence-electron chi connectivity index (χ3n) is 13.8. The van der Waals surface area contributed by atoms with E-state index >= 15 is 0 Å². The molecule has 0 amide bonds. The summed E-state index contributed by atoms with van der Waals surface area (Å²) < 4.78 is 2.49. The second-order valence-electron chi connectivity index (χ2n) is 19.8. The predicted octanol–water partition coefficient (Wildman–Crippen LogP) is 17.9. The Balaban J connectivity index is 1.15. The van der Waals surface area contributed by atoms with Gasteiger partial charge in [0.1, 0.15) is 0 Å². The molecule has 0 N–H and O–H groups in total. The van der Waals surface area contributed by atoms with Crippen molar-refractivity contribution in [2.24, 2.45) is 0 Å². The van der Waals surface area contributed by atoms with Gasteiger partial charge in [0.05, 0.1) is 16.7 Å². The standard InChI is InChI=1S/C68H52N4/c1-45-30-36-62-60(38-45)61-44-57(68(2,3)4)35-37-63(61)72(62)64-58(50-26-16-8-17-27-50)42-56(43-59(64)51-28-18-9-19-29-51)67-70-65(52-33-31-49(32-34-52)46-20-10-5-11-21-46)69-66(71-67)55-40-53(47-22-12-6-13-23-47)39-54(41-55)48-24-14-7-15-25-48/h5-44H,1-4H3. The van der Waals surface area contributed by atoms with Crippen molar-refractivity contribution >= 4 is 21.8 Å². The first-order valence-corrected chi connectivity index (χ1v) is 24.8. The van der Waals surface area contributed by atoms with E-state index in [0.29, 0.717) is 17.5 Å². The van der Waals surface area contributed by atoms with Gasteiger partial charge >= 0.3 is 0 Å². The highest BCUT2D eigenvalue weighted by atomic mass is 15.0. The third kappa shape index (κ3) is 8.48. The SMILES string of the molecule is Cc1ccc2c(c1)c1cc(C(C)(C)C)ccc1n2-c1c(-c2ccccc2)cc(-c2nc(-c3ccc(-c4ccccc4)cc3)nc(-c3cc(-c4ccccc4)cc(-c4ccccc4)c3)n2)cc1-c1ccccc1. The fourth-order valence-corrected chi connectivity index (χ4v) is 10.1. The van der Waals surface area contributed by atoms with Crippen LogP contribution in [-0.4, -0.2) is 19.5 Å². The molecule has 4 nitrogen and oxygen atoms in total. The molecule has 0 unspecified atom stereocenters. The predicted molar refractivity (Wildman–Crippen MR) is 301 cm³/mol. The van der Waals surface area contributed by atoms with Crippen LogP contribution in [0.2, 0.25) is 0 Å². The zero-order chi connectivity index (χ0) is 48.8. The molecule has 4 heteroatoms. The van der Waals surface area contributed by atoms with Gasteiger partial charge in [0.25, 0.3) is 0 Å². The highest BCUT2D eigenvalue weighted by molar-refractivity contribution is 6.11. The van der Waals surface area contributed by atoms with Crippen LogP contribution in [-0.2, 0) is 5.41 Å². The fraction of sp³-hybridized carbons (Fsp3) is 0.0735. The fourth-order valence-electron chi connectivity index (χ4n) is 10.1. The van der Waals surface area contributed by atoms with E-state index in [0.717, 1.165) is 89.0 Å². The maximum Gasteiger partial charge on any atom is 0.164 e. The third-order valence-corrected chi connectivity index (χ3v) is 13.8. The van der Waals surface area contributed by atoms with Gasteiger partial charge in [-0.3, -0.25) is 0 Å². The Labute approximate surface area is 421 Å². The van der Waals surface area contributed by atoms with E-state index < -0.39 is 0 Å². The molecular formula is C68H52N4. The Morgan fingerprint density at radius 1 is 0.306 bits per heavy atom. The van der Waals surface area contributed by atoms with Crippen molar-refractivity contribution in [1.82, 2.24) is 19.5 Å². The molecule has 12 rings (SSSR count). The van der Waals surface area contributed by atoms with Gasteiger partial charge in [0.2, 0.25) is 0 Å². The molecule has 344 valence electrons. The van der Waals surface area contributed by atoms with Crippen LogP contribution in [0.5, 0.6) is 0 Å². The number of rotatable bonds is 9. The summed E-state index contributed by atoms with van der Waals surface area (Å²) in [6.07, 6.45) is 0. The molecule has 0 saturated carbocycles. The average Bonchev–Trinajstić information content (AvgIpc) is 3.76. The van der Waals surface area contributed by atoms with E-state index in [-0.39, 0.29) is 5.41 Å². The van der Waals surface area contributed by atoms with Crippen LogP contribution >= 0.6 is 0 Å². The van der Waals surface area contributed by atoms with Crippen molar-refractivity contribution in [3.05, 3.63) is 254 Å². The summed E-state index contributed by atoms with van der Waals surface area (Å²) >= 11 is 0. The Hall–Kier alpha value is -8.99. The molecule has 0 aliphatic heterocycles. The van der Waals surface area contributed by atoms with Crippen molar-refractivity contribution in [1.29, 1.82) is 0 Å². The molecule has 72 heavy (non-hydrogen) atoms. The van der Waals surface area contributed by atoms with E-state index in [1.54, 1.807) is 0 Å². The Morgan fingerprint density at radius 2 is 0.667 bits per heavy atom. The number of hydrogen-bond donors (Lipinski definition) is 0. The van der Waals surface area contributed by atoms with Crippen molar-refractivity contribution in [2.45, 2.75) is 33.1 Å². The zero-order valence-electron chi connectivity index (χ0n) is 40.9. The number of hydrogen-bond acceptors (Lipinski definition) is 3. The summed E-state index contributed by atoms with van der Waals surface area (Å²) in [4.78, 5) is 16.3. The summed E-state index contributed by atoms with van der Waals surface area (Å²) in [6.45, 7) is 9.06. The molecule has 0 radical (unpaired) electrons. The largest absolute Gasteiger partial charge is 0.308 e. The number of nitrogens with zero attached hydrogens (tertiary/aromatic N) is 4. The molecule has 0 aliphatic carbocycles. The van der Waals surface area contributed by atoms with Gasteiger partial charge in [0.15, 0.2) is 17.5 Å². The minimum absolute atomic E-state index is 0.0172. The lowest BCUT2D eigenvalue weighted by atomic mass is 9.86. The van der Waals surface area contributed by atoms with Crippen LogP contribution in [0.15, 0.2) is 243 Å². The van der Waals surface area contributed by atoms with E-state index in [4.69, 9.17) is 15.0 Å². The molecule has 2 heterocycles. The maximum absolute atomic E-state index is 5.51. The van der Waals surface area contributed by atoms with Crippen molar-refractivity contribution in [3.63, 3.8) is 0 Å². The monoisotopic (exact) mass is 924 g/mol. The van der Waals surface area contributed by atoms with Crippen molar-refractivity contribution in [3.8, 4) is 95.5 Å². The van der Waals surface area contributed by atoms with E-state index in [1.807, 2.05) is 6.07 Å². The molecule has 0 aliphatic rings. The van der Waals surface area contributed by atoms with Gasteiger partial charge in [-0.25, -0.2) is 15.0 Å². The van der Waals surface area contributed by atoms with E-state index in [1.165, 1.54) is 21.9 Å². The lowest BCUT2D eigenvalue weighted by Gasteiger charge is -2.22. The lowest BCUT2D eigenvalue weighted by molar-refractivity contribution is 0.591. The smallest absolute Gasteiger partial charge is 0.164 e. The Morgan fingerprint density at radius 3 is 1.14 bits per heavy atom. The summed E-state index contributed by atoms with van der Waals surface area (Å²) in [5.41, 5.74) is 19.6. The molecule has 0 atom stereocenters. The van der Waals surface area contributed by atoms with Gasteiger partial charge in [-0.1, -0.05) is 214 Å². The summed E-state index contributed by atoms with van der Waals surface area (Å²) in [5.74, 6) is 1.78. The van der Waals surface area contributed by atoms with Crippen LogP contribution in [0.1, 0.15) is 31.9 Å². The second kappa shape index (κ2) is 18.4. The average molecular weight is 925 g/mol. The molecule has 0 spiro atoms. The maximum atomic E-state index is 5.51. The first-order valence-electron chi connectivity index (χ1n) is 24.8. The summed E-state index contributed by atoms with van der Waals surface area (Å²) in [5, 5.41) is 2.47. The van der Waals surface area contributed by atoms with Crippen LogP contribution < -0.4 is 0 Å². The van der Waals surface area contributed by atoms with Crippen molar-refractivity contribution < 1.29 is 0 Å².